The van der Waals surface area contributed by atoms with E-state index in [4.69, 9.17) is 4.74 Å². The van der Waals surface area contributed by atoms with Crippen molar-refractivity contribution in [1.29, 1.82) is 0 Å². The van der Waals surface area contributed by atoms with Crippen LogP contribution in [-0.4, -0.2) is 52.3 Å². The van der Waals surface area contributed by atoms with E-state index >= 15 is 0 Å². The maximum Gasteiger partial charge on any atom is 0.306 e. The molecule has 1 aliphatic rings. The van der Waals surface area contributed by atoms with Gasteiger partial charge in [0.1, 0.15) is 5.60 Å². The van der Waals surface area contributed by atoms with E-state index in [-0.39, 0.29) is 23.7 Å². The van der Waals surface area contributed by atoms with Crippen LogP contribution in [0.25, 0.3) is 0 Å². The lowest BCUT2D eigenvalue weighted by Gasteiger charge is -2.22. The quantitative estimate of drug-likeness (QED) is 0.349. The Hall–Kier alpha value is -1.04. The number of likely N-dealkylation sites (tertiary alicyclic amines) is 1. The summed E-state index contributed by atoms with van der Waals surface area (Å²) in [4.78, 5) is 36.9. The molecule has 1 aliphatic heterocycles. The van der Waals surface area contributed by atoms with Crippen LogP contribution in [0.1, 0.15) is 100 Å². The molecule has 172 valence electrons. The summed E-state index contributed by atoms with van der Waals surface area (Å²) in [7, 11) is 0. The Labute approximate surface area is 183 Å². The Bertz CT molecular complexity index is 458. The van der Waals surface area contributed by atoms with Gasteiger partial charge in [0.15, 0.2) is 5.78 Å². The van der Waals surface area contributed by atoms with Crippen LogP contribution in [0.3, 0.4) is 0 Å². The van der Waals surface area contributed by atoms with Crippen LogP contribution in [0.4, 0.5) is 0 Å². The lowest BCUT2D eigenvalue weighted by atomic mass is 10.1. The van der Waals surface area contributed by atoms with Gasteiger partial charge in [-0.2, -0.15) is 11.8 Å². The Balaban J connectivity index is 0. The third-order valence-corrected chi connectivity index (χ3v) is 5.16. The Kier molecular flexibility index (Phi) is 18.5. The van der Waals surface area contributed by atoms with E-state index in [1.165, 1.54) is 12.8 Å². The minimum absolute atomic E-state index is 0.0716. The standard InChI is InChI=1S/C17H29NO4S.C4H10.C2H6/c1-13(19)14-7-5-10-18(14)15(20)9-12-23-11-6-8-16(21)22-17(2,3)4;1-3-4-2;1-2/h14H,5-12H2,1-4H3;3-4H2,1-2H3;1-2H3/t14-;;/m0../s1. The van der Waals surface area contributed by atoms with Gasteiger partial charge in [0.05, 0.1) is 6.04 Å². The van der Waals surface area contributed by atoms with Crippen molar-refractivity contribution in [3.05, 3.63) is 0 Å². The summed E-state index contributed by atoms with van der Waals surface area (Å²) in [6.45, 7) is 16.2. The first-order valence-corrected chi connectivity index (χ1v) is 12.4. The van der Waals surface area contributed by atoms with E-state index in [9.17, 15) is 14.4 Å². The normalized spacial score (nSPS) is 15.6. The number of ketones is 1. The Morgan fingerprint density at radius 3 is 2.10 bits per heavy atom. The van der Waals surface area contributed by atoms with Crippen LogP contribution in [0, 0.1) is 0 Å². The molecule has 0 aromatic rings. The second-order valence-electron chi connectivity index (χ2n) is 7.91. The van der Waals surface area contributed by atoms with Gasteiger partial charge in [-0.15, -0.1) is 0 Å². The van der Waals surface area contributed by atoms with Crippen molar-refractivity contribution in [2.45, 2.75) is 112 Å². The molecular weight excluding hydrogens is 386 g/mol. The molecule has 0 aromatic heterocycles. The van der Waals surface area contributed by atoms with Crippen molar-refractivity contribution < 1.29 is 19.1 Å². The second-order valence-corrected chi connectivity index (χ2v) is 9.13. The van der Waals surface area contributed by atoms with Crippen LogP contribution in [0.2, 0.25) is 0 Å². The molecule has 1 fully saturated rings. The summed E-state index contributed by atoms with van der Waals surface area (Å²) in [5.74, 6) is 1.55. The number of esters is 1. The molecule has 0 radical (unpaired) electrons. The molecule has 0 spiro atoms. The van der Waals surface area contributed by atoms with Crippen LogP contribution in [0.5, 0.6) is 0 Å². The first-order chi connectivity index (χ1) is 13.6. The van der Waals surface area contributed by atoms with Crippen LogP contribution >= 0.6 is 11.8 Å². The molecule has 0 unspecified atom stereocenters. The fourth-order valence-corrected chi connectivity index (χ4v) is 3.48. The largest absolute Gasteiger partial charge is 0.460 e. The predicted octanol–water partition coefficient (Wildman–Crippen LogP) is 5.64. The molecule has 0 aromatic carbocycles. The highest BCUT2D eigenvalue weighted by Gasteiger charge is 2.31. The fourth-order valence-electron chi connectivity index (χ4n) is 2.60. The zero-order valence-corrected chi connectivity index (χ0v) is 21.0. The lowest BCUT2D eigenvalue weighted by Crippen LogP contribution is -2.39. The first-order valence-electron chi connectivity index (χ1n) is 11.2. The van der Waals surface area contributed by atoms with Gasteiger partial charge in [0.25, 0.3) is 0 Å². The summed E-state index contributed by atoms with van der Waals surface area (Å²) in [5, 5.41) is 0. The van der Waals surface area contributed by atoms with Crippen molar-refractivity contribution >= 4 is 29.4 Å². The smallest absolute Gasteiger partial charge is 0.306 e. The van der Waals surface area contributed by atoms with Gasteiger partial charge in [0.2, 0.25) is 5.91 Å². The van der Waals surface area contributed by atoms with Crippen molar-refractivity contribution in [2.75, 3.05) is 18.1 Å². The van der Waals surface area contributed by atoms with E-state index in [0.717, 1.165) is 30.8 Å². The third-order valence-electron chi connectivity index (χ3n) is 4.09. The molecule has 1 saturated heterocycles. The van der Waals surface area contributed by atoms with Crippen LogP contribution in [0.15, 0.2) is 0 Å². The van der Waals surface area contributed by atoms with Gasteiger partial charge in [-0.05, 0) is 52.7 Å². The summed E-state index contributed by atoms with van der Waals surface area (Å²) in [5.41, 5.74) is -0.431. The molecular formula is C23H45NO4S. The molecule has 0 saturated carbocycles. The molecule has 29 heavy (non-hydrogen) atoms. The van der Waals surface area contributed by atoms with E-state index in [1.807, 2.05) is 34.6 Å². The number of carbonyl (C=O) groups excluding carboxylic acids is 3. The lowest BCUT2D eigenvalue weighted by molar-refractivity contribution is -0.154. The first kappa shape index (κ1) is 30.2. The van der Waals surface area contributed by atoms with Crippen molar-refractivity contribution in [1.82, 2.24) is 4.90 Å². The maximum absolute atomic E-state index is 12.1. The average molecular weight is 432 g/mol. The number of carbonyl (C=O) groups is 3. The molecule has 0 bridgehead atoms. The zero-order valence-electron chi connectivity index (χ0n) is 20.1. The van der Waals surface area contributed by atoms with Gasteiger partial charge in [-0.3, -0.25) is 14.4 Å². The summed E-state index contributed by atoms with van der Waals surface area (Å²) in [6.07, 6.45) is 5.98. The second kappa shape index (κ2) is 17.8. The number of nitrogens with zero attached hydrogens (tertiary/aromatic N) is 1. The Morgan fingerprint density at radius 2 is 1.62 bits per heavy atom. The highest BCUT2D eigenvalue weighted by Crippen LogP contribution is 2.20. The van der Waals surface area contributed by atoms with Gasteiger partial charge in [0, 0.05) is 25.1 Å². The van der Waals surface area contributed by atoms with Crippen molar-refractivity contribution in [3.63, 3.8) is 0 Å². The van der Waals surface area contributed by atoms with Crippen molar-refractivity contribution in [3.8, 4) is 0 Å². The molecule has 5 nitrogen and oxygen atoms in total. The van der Waals surface area contributed by atoms with E-state index in [1.54, 1.807) is 23.6 Å². The number of hydrogen-bond donors (Lipinski definition) is 0. The number of amides is 1. The molecule has 0 aliphatic carbocycles. The molecule has 1 heterocycles. The number of hydrogen-bond acceptors (Lipinski definition) is 5. The molecule has 1 amide bonds. The summed E-state index contributed by atoms with van der Waals surface area (Å²) >= 11 is 1.67. The minimum Gasteiger partial charge on any atom is -0.460 e. The van der Waals surface area contributed by atoms with E-state index in [2.05, 4.69) is 13.8 Å². The summed E-state index contributed by atoms with van der Waals surface area (Å²) < 4.78 is 5.24. The monoisotopic (exact) mass is 431 g/mol. The molecule has 6 heteroatoms. The highest BCUT2D eigenvalue weighted by atomic mass is 32.2. The minimum atomic E-state index is -0.431. The fraction of sp³-hybridized carbons (Fsp3) is 0.870. The number of unbranched alkanes of at least 4 members (excludes halogenated alkanes) is 1. The topological polar surface area (TPSA) is 63.7 Å². The third kappa shape index (κ3) is 16.4. The van der Waals surface area contributed by atoms with E-state index in [0.29, 0.717) is 19.4 Å². The summed E-state index contributed by atoms with van der Waals surface area (Å²) in [6, 6.07) is -0.209. The van der Waals surface area contributed by atoms with Gasteiger partial charge >= 0.3 is 5.97 Å². The molecule has 0 N–H and O–H groups in total. The maximum atomic E-state index is 12.1. The number of Topliss-reactive ketones (excluding diaryl/α,β-unsaturated/α-hetero) is 1. The van der Waals surface area contributed by atoms with Gasteiger partial charge in [-0.1, -0.05) is 40.5 Å². The highest BCUT2D eigenvalue weighted by molar-refractivity contribution is 7.99. The SMILES string of the molecule is CC.CC(=O)[C@@H]1CCCN1C(=O)CCSCCCC(=O)OC(C)(C)C.CCCC. The van der Waals surface area contributed by atoms with Crippen LogP contribution in [-0.2, 0) is 19.1 Å². The van der Waals surface area contributed by atoms with Crippen LogP contribution < -0.4 is 0 Å². The molecule has 1 atom stereocenters. The van der Waals surface area contributed by atoms with Gasteiger partial charge < -0.3 is 9.64 Å². The number of thioether (sulfide) groups is 1. The van der Waals surface area contributed by atoms with E-state index < -0.39 is 5.60 Å². The average Bonchev–Trinajstić information content (AvgIpc) is 3.15. The van der Waals surface area contributed by atoms with Crippen molar-refractivity contribution in [2.24, 2.45) is 0 Å². The number of rotatable bonds is 9. The Morgan fingerprint density at radius 1 is 1.03 bits per heavy atom. The number of ether oxygens (including phenoxy) is 1. The molecule has 1 rings (SSSR count). The zero-order chi connectivity index (χ0) is 22.9. The van der Waals surface area contributed by atoms with Gasteiger partial charge in [-0.25, -0.2) is 0 Å². The predicted molar refractivity (Wildman–Crippen MR) is 124 cm³/mol.